The molecule has 6 heteroatoms. The maximum Gasteiger partial charge on any atom is 0.183 e. The van der Waals surface area contributed by atoms with E-state index in [1.54, 1.807) is 23.1 Å². The molecule has 0 bridgehead atoms. The van der Waals surface area contributed by atoms with Crippen molar-refractivity contribution in [1.82, 2.24) is 15.0 Å². The van der Waals surface area contributed by atoms with Crippen LogP contribution in [-0.2, 0) is 5.75 Å². The molecule has 2 heterocycles. The highest BCUT2D eigenvalue weighted by Gasteiger charge is 2.14. The average Bonchev–Trinajstić information content (AvgIpc) is 3.27. The summed E-state index contributed by atoms with van der Waals surface area (Å²) in [4.78, 5) is 14.1. The fourth-order valence-corrected chi connectivity index (χ4v) is 5.55. The van der Waals surface area contributed by atoms with Crippen LogP contribution >= 0.6 is 23.1 Å². The van der Waals surface area contributed by atoms with E-state index >= 15 is 0 Å². The molecule has 0 aliphatic heterocycles. The van der Waals surface area contributed by atoms with Gasteiger partial charge in [0.05, 0.1) is 16.7 Å². The van der Waals surface area contributed by atoms with Crippen LogP contribution in [0.25, 0.3) is 11.0 Å². The summed E-state index contributed by atoms with van der Waals surface area (Å²) in [7, 11) is 0. The Morgan fingerprint density at radius 1 is 1.03 bits per heavy atom. The van der Waals surface area contributed by atoms with Crippen LogP contribution in [0.4, 0.5) is 5.13 Å². The number of thioether (sulfide) groups is 1. The van der Waals surface area contributed by atoms with Crippen LogP contribution in [0.5, 0.6) is 0 Å². The Balaban J connectivity index is 1.38. The molecule has 1 unspecified atom stereocenters. The summed E-state index contributed by atoms with van der Waals surface area (Å²) in [5, 5.41) is 5.50. The second-order valence-corrected chi connectivity index (χ2v) is 9.62. The largest absolute Gasteiger partial charge is 0.361 e. The first-order valence-electron chi connectivity index (χ1n) is 9.85. The van der Waals surface area contributed by atoms with E-state index in [9.17, 15) is 0 Å². The third-order valence-corrected chi connectivity index (χ3v) is 7.06. The maximum absolute atomic E-state index is 4.83. The van der Waals surface area contributed by atoms with Gasteiger partial charge in [-0.2, -0.15) is 0 Å². The van der Waals surface area contributed by atoms with E-state index in [4.69, 9.17) is 4.98 Å². The van der Waals surface area contributed by atoms with Gasteiger partial charge in [-0.25, -0.2) is 9.97 Å². The second-order valence-electron chi connectivity index (χ2n) is 7.46. The number of nitrogens with one attached hydrogen (secondary N) is 2. The molecular weight excluding hydrogens is 396 g/mol. The molecule has 4 nitrogen and oxygen atoms in total. The van der Waals surface area contributed by atoms with E-state index in [2.05, 4.69) is 67.2 Å². The zero-order valence-corrected chi connectivity index (χ0v) is 18.9. The molecule has 0 aliphatic rings. The highest BCUT2D eigenvalue weighted by atomic mass is 32.2. The molecule has 0 saturated carbocycles. The van der Waals surface area contributed by atoms with Gasteiger partial charge in [0, 0.05) is 17.2 Å². The fourth-order valence-electron chi connectivity index (χ4n) is 3.72. The minimum atomic E-state index is 0.439. The van der Waals surface area contributed by atoms with Gasteiger partial charge < -0.3 is 10.3 Å². The van der Waals surface area contributed by atoms with Crippen LogP contribution in [0.3, 0.4) is 0 Å². The van der Waals surface area contributed by atoms with Crippen molar-refractivity contribution in [2.75, 3.05) is 11.9 Å². The lowest BCUT2D eigenvalue weighted by Gasteiger charge is -2.17. The number of benzene rings is 2. The number of aromatic amines is 1. The number of anilines is 1. The van der Waals surface area contributed by atoms with Crippen molar-refractivity contribution in [2.24, 2.45) is 0 Å². The van der Waals surface area contributed by atoms with E-state index in [0.29, 0.717) is 5.92 Å². The summed E-state index contributed by atoms with van der Waals surface area (Å²) in [5.41, 5.74) is 7.37. The molecular formula is C23H26N4S2. The fraction of sp³-hybridized carbons (Fsp3) is 0.304. The minimum Gasteiger partial charge on any atom is -0.361 e. The van der Waals surface area contributed by atoms with E-state index in [0.717, 1.165) is 39.3 Å². The molecule has 29 heavy (non-hydrogen) atoms. The number of aromatic nitrogens is 3. The lowest BCUT2D eigenvalue weighted by molar-refractivity contribution is 0.789. The number of thiazole rings is 1. The molecule has 2 aromatic heterocycles. The Kier molecular flexibility index (Phi) is 5.92. The second kappa shape index (κ2) is 8.59. The number of fused-ring (bicyclic) bond motifs is 1. The van der Waals surface area contributed by atoms with Crippen LogP contribution in [0.15, 0.2) is 47.6 Å². The SMILES string of the molecule is Cc1cccc(C)c1C(C)CNc1nc(CSc2nc3ccccc3[nH]2)c(C)s1. The summed E-state index contributed by atoms with van der Waals surface area (Å²) in [6.07, 6.45) is 0. The Morgan fingerprint density at radius 2 is 1.79 bits per heavy atom. The molecule has 0 amide bonds. The molecule has 150 valence electrons. The maximum atomic E-state index is 4.83. The molecule has 0 spiro atoms. The smallest absolute Gasteiger partial charge is 0.183 e. The van der Waals surface area contributed by atoms with E-state index in [-0.39, 0.29) is 0 Å². The summed E-state index contributed by atoms with van der Waals surface area (Å²) in [5.74, 6) is 1.25. The molecule has 0 saturated heterocycles. The molecule has 0 fully saturated rings. The van der Waals surface area contributed by atoms with Gasteiger partial charge in [-0.1, -0.05) is 49.0 Å². The highest BCUT2D eigenvalue weighted by Crippen LogP contribution is 2.30. The Bertz CT molecular complexity index is 1080. The molecule has 1 atom stereocenters. The quantitative estimate of drug-likeness (QED) is 0.336. The number of H-pyrrole nitrogens is 1. The van der Waals surface area contributed by atoms with Gasteiger partial charge >= 0.3 is 0 Å². The van der Waals surface area contributed by atoms with Crippen molar-refractivity contribution in [1.29, 1.82) is 0 Å². The lowest BCUT2D eigenvalue weighted by Crippen LogP contribution is -2.12. The van der Waals surface area contributed by atoms with E-state index in [1.165, 1.54) is 21.6 Å². The van der Waals surface area contributed by atoms with Crippen LogP contribution in [0, 0.1) is 20.8 Å². The summed E-state index contributed by atoms with van der Waals surface area (Å²) in [6, 6.07) is 14.6. The van der Waals surface area contributed by atoms with E-state index in [1.807, 2.05) is 18.2 Å². The molecule has 4 aromatic rings. The van der Waals surface area contributed by atoms with Gasteiger partial charge in [0.25, 0.3) is 0 Å². The lowest BCUT2D eigenvalue weighted by atomic mass is 9.92. The first-order valence-corrected chi connectivity index (χ1v) is 11.7. The standard InChI is InChI=1S/C23H26N4S2/c1-14-8-7-9-15(2)21(14)16(3)12-24-22-27-20(17(4)29-22)13-28-23-25-18-10-5-6-11-19(18)26-23/h5-11,16H,12-13H2,1-4H3,(H,24,27)(H,25,26). The van der Waals surface area contributed by atoms with Crippen LogP contribution in [-0.4, -0.2) is 21.5 Å². The number of nitrogens with zero attached hydrogens (tertiary/aromatic N) is 2. The Labute approximate surface area is 180 Å². The van der Waals surface area contributed by atoms with Gasteiger partial charge in [0.1, 0.15) is 0 Å². The zero-order chi connectivity index (χ0) is 20.4. The van der Waals surface area contributed by atoms with Crippen molar-refractivity contribution in [3.63, 3.8) is 0 Å². The molecule has 4 rings (SSSR count). The highest BCUT2D eigenvalue weighted by molar-refractivity contribution is 7.98. The van der Waals surface area contributed by atoms with Crippen molar-refractivity contribution >= 4 is 39.3 Å². The zero-order valence-electron chi connectivity index (χ0n) is 17.2. The van der Waals surface area contributed by atoms with Crippen molar-refractivity contribution in [2.45, 2.75) is 44.5 Å². The van der Waals surface area contributed by atoms with Crippen molar-refractivity contribution in [3.8, 4) is 0 Å². The number of para-hydroxylation sites is 2. The number of hydrogen-bond donors (Lipinski definition) is 2. The predicted octanol–water partition coefficient (Wildman–Crippen LogP) is 6.45. The number of rotatable bonds is 7. The first kappa shape index (κ1) is 20.0. The molecule has 2 aromatic carbocycles. The first-order chi connectivity index (χ1) is 14.0. The minimum absolute atomic E-state index is 0.439. The number of aryl methyl sites for hydroxylation is 3. The Hall–Kier alpha value is -2.31. The van der Waals surface area contributed by atoms with Crippen molar-refractivity contribution in [3.05, 3.63) is 69.7 Å². The summed E-state index contributed by atoms with van der Waals surface area (Å²) < 4.78 is 0. The van der Waals surface area contributed by atoms with Gasteiger partial charge in [-0.15, -0.1) is 11.3 Å². The van der Waals surface area contributed by atoms with Crippen molar-refractivity contribution < 1.29 is 0 Å². The van der Waals surface area contributed by atoms with Gasteiger partial charge in [-0.3, -0.25) is 0 Å². The van der Waals surface area contributed by atoms with Gasteiger partial charge in [0.2, 0.25) is 0 Å². The molecule has 0 radical (unpaired) electrons. The predicted molar refractivity (Wildman–Crippen MR) is 125 cm³/mol. The monoisotopic (exact) mass is 422 g/mol. The Morgan fingerprint density at radius 3 is 2.55 bits per heavy atom. The summed E-state index contributed by atoms with van der Waals surface area (Å²) >= 11 is 3.44. The average molecular weight is 423 g/mol. The third-order valence-electron chi connectivity index (χ3n) is 5.20. The van der Waals surface area contributed by atoms with Crippen LogP contribution < -0.4 is 5.32 Å². The number of hydrogen-bond acceptors (Lipinski definition) is 5. The summed E-state index contributed by atoms with van der Waals surface area (Å²) in [6.45, 7) is 9.70. The topological polar surface area (TPSA) is 53.6 Å². The van der Waals surface area contributed by atoms with Gasteiger partial charge in [-0.05, 0) is 55.5 Å². The van der Waals surface area contributed by atoms with E-state index < -0.39 is 0 Å². The third kappa shape index (κ3) is 4.49. The normalized spacial score (nSPS) is 12.4. The molecule has 0 aliphatic carbocycles. The number of imidazole rings is 1. The van der Waals surface area contributed by atoms with Crippen LogP contribution in [0.1, 0.15) is 40.1 Å². The van der Waals surface area contributed by atoms with Gasteiger partial charge in [0.15, 0.2) is 10.3 Å². The molecule has 2 N–H and O–H groups in total. The van der Waals surface area contributed by atoms with Crippen LogP contribution in [0.2, 0.25) is 0 Å².